The summed E-state index contributed by atoms with van der Waals surface area (Å²) in [5, 5.41) is 0.753. The molecule has 0 heterocycles. The Morgan fingerprint density at radius 2 is 2.00 bits per heavy atom. The highest BCUT2D eigenvalue weighted by atomic mass is 35.5. The van der Waals surface area contributed by atoms with Crippen LogP contribution in [-0.2, 0) is 0 Å². The third-order valence-corrected chi connectivity index (χ3v) is 3.94. The van der Waals surface area contributed by atoms with Crippen molar-refractivity contribution >= 4 is 23.0 Å². The first-order chi connectivity index (χ1) is 8.16. The van der Waals surface area contributed by atoms with Gasteiger partial charge < -0.3 is 10.6 Å². The van der Waals surface area contributed by atoms with Crippen molar-refractivity contribution in [2.75, 3.05) is 24.2 Å². The van der Waals surface area contributed by atoms with Crippen LogP contribution in [0.2, 0.25) is 5.02 Å². The average Bonchev–Trinajstić information content (AvgIpc) is 2.30. The SMILES string of the molecule is CN(CC1CCCCC1)c1ccc(N)cc1Cl. The van der Waals surface area contributed by atoms with E-state index in [2.05, 4.69) is 11.9 Å². The second-order valence-corrected chi connectivity index (χ2v) is 5.50. The third-order valence-electron chi connectivity index (χ3n) is 3.64. The van der Waals surface area contributed by atoms with Gasteiger partial charge in [0.1, 0.15) is 0 Å². The van der Waals surface area contributed by atoms with Gasteiger partial charge in [0.25, 0.3) is 0 Å². The predicted molar refractivity (Wildman–Crippen MR) is 75.7 cm³/mol. The first kappa shape index (κ1) is 12.6. The van der Waals surface area contributed by atoms with E-state index < -0.39 is 0 Å². The van der Waals surface area contributed by atoms with Gasteiger partial charge in [0.05, 0.1) is 10.7 Å². The van der Waals surface area contributed by atoms with E-state index in [1.165, 1.54) is 32.1 Å². The van der Waals surface area contributed by atoms with Crippen LogP contribution in [0.1, 0.15) is 32.1 Å². The lowest BCUT2D eigenvalue weighted by molar-refractivity contribution is 0.362. The van der Waals surface area contributed by atoms with Crippen molar-refractivity contribution in [1.29, 1.82) is 0 Å². The highest BCUT2D eigenvalue weighted by molar-refractivity contribution is 6.33. The van der Waals surface area contributed by atoms with Gasteiger partial charge in [-0.2, -0.15) is 0 Å². The number of hydrogen-bond acceptors (Lipinski definition) is 2. The van der Waals surface area contributed by atoms with Crippen molar-refractivity contribution in [2.45, 2.75) is 32.1 Å². The number of nitrogen functional groups attached to an aromatic ring is 1. The molecule has 1 fully saturated rings. The van der Waals surface area contributed by atoms with Gasteiger partial charge in [-0.05, 0) is 37.0 Å². The van der Waals surface area contributed by atoms with Gasteiger partial charge in [0.15, 0.2) is 0 Å². The quantitative estimate of drug-likeness (QED) is 0.826. The molecule has 1 aliphatic rings. The third kappa shape index (κ3) is 3.29. The molecule has 0 atom stereocenters. The van der Waals surface area contributed by atoms with Crippen LogP contribution in [0.25, 0.3) is 0 Å². The molecule has 0 aliphatic heterocycles. The summed E-state index contributed by atoms with van der Waals surface area (Å²) in [6, 6.07) is 5.76. The van der Waals surface area contributed by atoms with E-state index in [1.807, 2.05) is 18.2 Å². The number of benzene rings is 1. The van der Waals surface area contributed by atoms with Crippen LogP contribution in [0.5, 0.6) is 0 Å². The van der Waals surface area contributed by atoms with Gasteiger partial charge in [-0.3, -0.25) is 0 Å². The molecule has 94 valence electrons. The minimum absolute atomic E-state index is 0.727. The monoisotopic (exact) mass is 252 g/mol. The van der Waals surface area contributed by atoms with Crippen LogP contribution in [0.15, 0.2) is 18.2 Å². The number of halogens is 1. The maximum atomic E-state index is 6.22. The Morgan fingerprint density at radius 1 is 1.29 bits per heavy atom. The standard InChI is InChI=1S/C14H21ClN2/c1-17(10-11-5-3-2-4-6-11)14-8-7-12(16)9-13(14)15/h7-9,11H,2-6,10,16H2,1H3. The van der Waals surface area contributed by atoms with Gasteiger partial charge in [0.2, 0.25) is 0 Å². The highest BCUT2D eigenvalue weighted by Crippen LogP contribution is 2.30. The molecule has 0 unspecified atom stereocenters. The molecule has 0 radical (unpaired) electrons. The van der Waals surface area contributed by atoms with Crippen molar-refractivity contribution < 1.29 is 0 Å². The number of anilines is 2. The normalized spacial score (nSPS) is 17.1. The van der Waals surface area contributed by atoms with Crippen molar-refractivity contribution in [3.63, 3.8) is 0 Å². The first-order valence-electron chi connectivity index (χ1n) is 6.43. The van der Waals surface area contributed by atoms with E-state index in [4.69, 9.17) is 17.3 Å². The van der Waals surface area contributed by atoms with E-state index in [-0.39, 0.29) is 0 Å². The van der Waals surface area contributed by atoms with Crippen LogP contribution >= 0.6 is 11.6 Å². The smallest absolute Gasteiger partial charge is 0.0659 e. The molecule has 0 amide bonds. The van der Waals surface area contributed by atoms with Crippen LogP contribution in [0.3, 0.4) is 0 Å². The summed E-state index contributed by atoms with van der Waals surface area (Å²) in [6.07, 6.45) is 6.89. The Labute approximate surface area is 109 Å². The summed E-state index contributed by atoms with van der Waals surface area (Å²) in [7, 11) is 2.12. The lowest BCUT2D eigenvalue weighted by Gasteiger charge is -2.29. The lowest BCUT2D eigenvalue weighted by atomic mass is 9.89. The van der Waals surface area contributed by atoms with Crippen LogP contribution in [0, 0.1) is 5.92 Å². The molecule has 0 spiro atoms. The Bertz CT molecular complexity index is 372. The molecule has 1 saturated carbocycles. The second kappa shape index (κ2) is 5.63. The number of rotatable bonds is 3. The molecule has 0 bridgehead atoms. The number of nitrogens with two attached hydrogens (primary N) is 1. The van der Waals surface area contributed by atoms with E-state index in [1.54, 1.807) is 0 Å². The minimum atomic E-state index is 0.727. The number of hydrogen-bond donors (Lipinski definition) is 1. The molecule has 3 heteroatoms. The molecular formula is C14H21ClN2. The van der Waals surface area contributed by atoms with Gasteiger partial charge in [0, 0.05) is 19.3 Å². The van der Waals surface area contributed by atoms with Crippen molar-refractivity contribution in [3.8, 4) is 0 Å². The topological polar surface area (TPSA) is 29.3 Å². The zero-order valence-corrected chi connectivity index (χ0v) is 11.2. The van der Waals surface area contributed by atoms with E-state index in [0.29, 0.717) is 0 Å². The number of nitrogens with zero attached hydrogens (tertiary/aromatic N) is 1. The largest absolute Gasteiger partial charge is 0.399 e. The van der Waals surface area contributed by atoms with Crippen molar-refractivity contribution in [3.05, 3.63) is 23.2 Å². The molecule has 1 aliphatic carbocycles. The van der Waals surface area contributed by atoms with Crippen LogP contribution in [0.4, 0.5) is 11.4 Å². The summed E-state index contributed by atoms with van der Waals surface area (Å²) < 4.78 is 0. The second-order valence-electron chi connectivity index (χ2n) is 5.10. The predicted octanol–water partition coefficient (Wildman–Crippen LogP) is 3.94. The molecular weight excluding hydrogens is 232 g/mol. The average molecular weight is 253 g/mol. The molecule has 2 N–H and O–H groups in total. The first-order valence-corrected chi connectivity index (χ1v) is 6.81. The molecule has 17 heavy (non-hydrogen) atoms. The summed E-state index contributed by atoms with van der Waals surface area (Å²) in [5.41, 5.74) is 7.52. The minimum Gasteiger partial charge on any atom is -0.399 e. The van der Waals surface area contributed by atoms with E-state index >= 15 is 0 Å². The Kier molecular flexibility index (Phi) is 4.16. The van der Waals surface area contributed by atoms with E-state index in [9.17, 15) is 0 Å². The summed E-state index contributed by atoms with van der Waals surface area (Å²) in [6.45, 7) is 1.10. The van der Waals surface area contributed by atoms with Crippen LogP contribution < -0.4 is 10.6 Å². The molecule has 1 aromatic rings. The van der Waals surface area contributed by atoms with Crippen molar-refractivity contribution in [1.82, 2.24) is 0 Å². The molecule has 2 nitrogen and oxygen atoms in total. The van der Waals surface area contributed by atoms with E-state index in [0.717, 1.165) is 28.9 Å². The Balaban J connectivity index is 2.00. The summed E-state index contributed by atoms with van der Waals surface area (Å²) in [4.78, 5) is 2.26. The van der Waals surface area contributed by atoms with Gasteiger partial charge in [-0.1, -0.05) is 30.9 Å². The maximum Gasteiger partial charge on any atom is 0.0659 e. The molecule has 0 saturated heterocycles. The zero-order chi connectivity index (χ0) is 12.3. The van der Waals surface area contributed by atoms with Gasteiger partial charge in [-0.25, -0.2) is 0 Å². The van der Waals surface area contributed by atoms with Crippen molar-refractivity contribution in [2.24, 2.45) is 5.92 Å². The molecule has 2 rings (SSSR count). The zero-order valence-electron chi connectivity index (χ0n) is 10.5. The Morgan fingerprint density at radius 3 is 2.65 bits per heavy atom. The highest BCUT2D eigenvalue weighted by Gasteiger charge is 2.16. The molecule has 0 aromatic heterocycles. The van der Waals surface area contributed by atoms with Gasteiger partial charge in [-0.15, -0.1) is 0 Å². The lowest BCUT2D eigenvalue weighted by Crippen LogP contribution is -2.27. The Hall–Kier alpha value is -0.890. The van der Waals surface area contributed by atoms with Gasteiger partial charge >= 0.3 is 0 Å². The summed E-state index contributed by atoms with van der Waals surface area (Å²) >= 11 is 6.22. The summed E-state index contributed by atoms with van der Waals surface area (Å²) in [5.74, 6) is 0.822. The fourth-order valence-corrected chi connectivity index (χ4v) is 3.02. The molecule has 1 aromatic carbocycles. The fraction of sp³-hybridized carbons (Fsp3) is 0.571. The fourth-order valence-electron chi connectivity index (χ4n) is 2.69. The maximum absolute atomic E-state index is 6.22. The van der Waals surface area contributed by atoms with Crippen LogP contribution in [-0.4, -0.2) is 13.6 Å².